The number of nitrogens with two attached hydrogens (primary N) is 1. The molecule has 0 aromatic heterocycles. The number of hydrogen-bond acceptors (Lipinski definition) is 4. The highest BCUT2D eigenvalue weighted by Gasteiger charge is 2.31. The molecule has 21 heavy (non-hydrogen) atoms. The van der Waals surface area contributed by atoms with E-state index in [2.05, 4.69) is 4.90 Å². The van der Waals surface area contributed by atoms with Crippen LogP contribution in [0.5, 0.6) is 0 Å². The van der Waals surface area contributed by atoms with E-state index in [0.717, 1.165) is 25.9 Å². The number of carbonyl (C=O) groups is 1. The van der Waals surface area contributed by atoms with Gasteiger partial charge in [-0.2, -0.15) is 0 Å². The summed E-state index contributed by atoms with van der Waals surface area (Å²) in [5, 5.41) is 0. The fourth-order valence-electron chi connectivity index (χ4n) is 2.91. The molecule has 0 bridgehead atoms. The highest BCUT2D eigenvalue weighted by atomic mass is 19.1. The first-order chi connectivity index (χ1) is 10.2. The van der Waals surface area contributed by atoms with Crippen LogP contribution in [-0.4, -0.2) is 38.4 Å². The third-order valence-electron chi connectivity index (χ3n) is 4.08. The number of hydrogen-bond donors (Lipinski definition) is 1. The largest absolute Gasteiger partial charge is 0.443 e. The van der Waals surface area contributed by atoms with Crippen molar-refractivity contribution in [1.29, 1.82) is 0 Å². The molecule has 0 spiro atoms. The summed E-state index contributed by atoms with van der Waals surface area (Å²) in [5.74, 6) is -0.293. The molecule has 0 aliphatic carbocycles. The van der Waals surface area contributed by atoms with E-state index in [4.69, 9.17) is 10.5 Å². The number of ether oxygens (including phenoxy) is 1. The molecule has 2 aliphatic heterocycles. The molecular formula is C15H20FN3O2. The molecule has 0 saturated carbocycles. The van der Waals surface area contributed by atoms with Gasteiger partial charge in [-0.3, -0.25) is 4.90 Å². The van der Waals surface area contributed by atoms with Gasteiger partial charge in [0.2, 0.25) is 0 Å². The SMILES string of the molecule is NC[C@H]1CN(c2ccc(N3CCCCC3)c(F)c2)C(=O)O1. The summed E-state index contributed by atoms with van der Waals surface area (Å²) in [7, 11) is 0. The van der Waals surface area contributed by atoms with E-state index in [1.165, 1.54) is 17.4 Å². The van der Waals surface area contributed by atoms with Crippen LogP contribution < -0.4 is 15.5 Å². The Hall–Kier alpha value is -1.82. The van der Waals surface area contributed by atoms with Crippen LogP contribution in [-0.2, 0) is 4.74 Å². The van der Waals surface area contributed by atoms with Crippen molar-refractivity contribution in [1.82, 2.24) is 0 Å². The Morgan fingerprint density at radius 2 is 2.05 bits per heavy atom. The second kappa shape index (κ2) is 5.89. The number of anilines is 2. The topological polar surface area (TPSA) is 58.8 Å². The van der Waals surface area contributed by atoms with Crippen LogP contribution in [0.25, 0.3) is 0 Å². The van der Waals surface area contributed by atoms with Gasteiger partial charge in [0.25, 0.3) is 0 Å². The van der Waals surface area contributed by atoms with Gasteiger partial charge in [-0.15, -0.1) is 0 Å². The zero-order valence-electron chi connectivity index (χ0n) is 11.9. The van der Waals surface area contributed by atoms with Crippen molar-refractivity contribution >= 4 is 17.5 Å². The van der Waals surface area contributed by atoms with Gasteiger partial charge in [0.1, 0.15) is 11.9 Å². The Bertz CT molecular complexity index is 532. The van der Waals surface area contributed by atoms with Gasteiger partial charge < -0.3 is 15.4 Å². The molecular weight excluding hydrogens is 273 g/mol. The number of benzene rings is 1. The van der Waals surface area contributed by atoms with Crippen LogP contribution in [0.2, 0.25) is 0 Å². The minimum Gasteiger partial charge on any atom is -0.443 e. The lowest BCUT2D eigenvalue weighted by Gasteiger charge is -2.29. The fraction of sp³-hybridized carbons (Fsp3) is 0.533. The standard InChI is InChI=1S/C15H20FN3O2/c16-13-8-11(19-10-12(9-17)21-15(19)20)4-5-14(13)18-6-2-1-3-7-18/h4-5,8,12H,1-3,6-7,9-10,17H2/t12-/m0/s1. The molecule has 1 amide bonds. The summed E-state index contributed by atoms with van der Waals surface area (Å²) in [5.41, 5.74) is 6.64. The number of amides is 1. The van der Waals surface area contributed by atoms with E-state index in [1.807, 2.05) is 0 Å². The summed E-state index contributed by atoms with van der Waals surface area (Å²) < 4.78 is 19.4. The van der Waals surface area contributed by atoms with Gasteiger partial charge in [0.05, 0.1) is 17.9 Å². The molecule has 2 saturated heterocycles. The van der Waals surface area contributed by atoms with Crippen molar-refractivity contribution in [2.75, 3.05) is 36.0 Å². The van der Waals surface area contributed by atoms with E-state index in [1.54, 1.807) is 12.1 Å². The van der Waals surface area contributed by atoms with Crippen molar-refractivity contribution < 1.29 is 13.9 Å². The van der Waals surface area contributed by atoms with Crippen molar-refractivity contribution in [3.63, 3.8) is 0 Å². The van der Waals surface area contributed by atoms with Crippen LogP contribution in [0, 0.1) is 5.82 Å². The number of nitrogens with zero attached hydrogens (tertiary/aromatic N) is 2. The quantitative estimate of drug-likeness (QED) is 0.927. The predicted octanol–water partition coefficient (Wildman–Crippen LogP) is 2.10. The highest BCUT2D eigenvalue weighted by molar-refractivity contribution is 5.90. The lowest BCUT2D eigenvalue weighted by molar-refractivity contribution is 0.145. The number of carbonyl (C=O) groups excluding carboxylic acids is 1. The van der Waals surface area contributed by atoms with Gasteiger partial charge in [-0.25, -0.2) is 9.18 Å². The molecule has 3 rings (SSSR count). The second-order valence-electron chi connectivity index (χ2n) is 5.54. The van der Waals surface area contributed by atoms with E-state index in [-0.39, 0.29) is 18.5 Å². The molecule has 5 nitrogen and oxygen atoms in total. The van der Waals surface area contributed by atoms with E-state index < -0.39 is 6.09 Å². The second-order valence-corrected chi connectivity index (χ2v) is 5.54. The molecule has 2 N–H and O–H groups in total. The summed E-state index contributed by atoms with van der Waals surface area (Å²) >= 11 is 0. The molecule has 0 unspecified atom stereocenters. The minimum atomic E-state index is -0.462. The van der Waals surface area contributed by atoms with Crippen molar-refractivity contribution in [2.45, 2.75) is 25.4 Å². The van der Waals surface area contributed by atoms with E-state index in [0.29, 0.717) is 17.9 Å². The molecule has 2 heterocycles. The Balaban J connectivity index is 1.79. The number of cyclic esters (lactones) is 1. The molecule has 6 heteroatoms. The number of halogens is 1. The molecule has 114 valence electrons. The van der Waals surface area contributed by atoms with Gasteiger partial charge in [0, 0.05) is 19.6 Å². The van der Waals surface area contributed by atoms with Crippen LogP contribution >= 0.6 is 0 Å². The summed E-state index contributed by atoms with van der Waals surface area (Å²) in [4.78, 5) is 15.3. The summed E-state index contributed by atoms with van der Waals surface area (Å²) in [6.45, 7) is 2.42. The van der Waals surface area contributed by atoms with Crippen molar-refractivity contribution in [2.24, 2.45) is 5.73 Å². The summed E-state index contributed by atoms with van der Waals surface area (Å²) in [6.07, 6.45) is 2.62. The maximum atomic E-state index is 14.3. The number of piperidine rings is 1. The zero-order chi connectivity index (χ0) is 14.8. The maximum Gasteiger partial charge on any atom is 0.414 e. The van der Waals surface area contributed by atoms with E-state index in [9.17, 15) is 9.18 Å². The lowest BCUT2D eigenvalue weighted by Crippen LogP contribution is -2.30. The Kier molecular flexibility index (Phi) is 3.96. The normalized spacial score (nSPS) is 22.6. The number of rotatable bonds is 3. The molecule has 2 aliphatic rings. The average Bonchev–Trinajstić information content (AvgIpc) is 2.89. The van der Waals surface area contributed by atoms with E-state index >= 15 is 0 Å². The minimum absolute atomic E-state index is 0.274. The third kappa shape index (κ3) is 2.81. The van der Waals surface area contributed by atoms with Crippen molar-refractivity contribution in [3.05, 3.63) is 24.0 Å². The molecule has 1 aromatic carbocycles. The van der Waals surface area contributed by atoms with Gasteiger partial charge in [-0.05, 0) is 37.5 Å². The van der Waals surface area contributed by atoms with Crippen molar-refractivity contribution in [3.8, 4) is 0 Å². The molecule has 2 fully saturated rings. The molecule has 0 radical (unpaired) electrons. The lowest BCUT2D eigenvalue weighted by atomic mass is 10.1. The van der Waals surface area contributed by atoms with Crippen LogP contribution in [0.4, 0.5) is 20.6 Å². The molecule has 1 atom stereocenters. The van der Waals surface area contributed by atoms with Crippen LogP contribution in [0.3, 0.4) is 0 Å². The smallest absolute Gasteiger partial charge is 0.414 e. The fourth-order valence-corrected chi connectivity index (χ4v) is 2.91. The van der Waals surface area contributed by atoms with Crippen LogP contribution in [0.15, 0.2) is 18.2 Å². The van der Waals surface area contributed by atoms with Gasteiger partial charge in [-0.1, -0.05) is 0 Å². The zero-order valence-corrected chi connectivity index (χ0v) is 11.9. The first-order valence-electron chi connectivity index (χ1n) is 7.42. The molecule has 1 aromatic rings. The Morgan fingerprint density at radius 3 is 2.67 bits per heavy atom. The first-order valence-corrected chi connectivity index (χ1v) is 7.42. The summed E-state index contributed by atoms with van der Waals surface area (Å²) in [6, 6.07) is 4.93. The predicted molar refractivity (Wildman–Crippen MR) is 79.1 cm³/mol. The monoisotopic (exact) mass is 293 g/mol. The highest BCUT2D eigenvalue weighted by Crippen LogP contribution is 2.29. The van der Waals surface area contributed by atoms with Gasteiger partial charge >= 0.3 is 6.09 Å². The Labute approximate surface area is 123 Å². The van der Waals surface area contributed by atoms with Gasteiger partial charge in [0.15, 0.2) is 0 Å². The van der Waals surface area contributed by atoms with Crippen LogP contribution in [0.1, 0.15) is 19.3 Å². The average molecular weight is 293 g/mol. The third-order valence-corrected chi connectivity index (χ3v) is 4.08. The maximum absolute atomic E-state index is 14.3. The first kappa shape index (κ1) is 14.1. The Morgan fingerprint density at radius 1 is 1.29 bits per heavy atom.